The van der Waals surface area contributed by atoms with Crippen molar-refractivity contribution in [3.8, 4) is 0 Å². The predicted octanol–water partition coefficient (Wildman–Crippen LogP) is -0.0432. The zero-order valence-electron chi connectivity index (χ0n) is 8.73. The highest BCUT2D eigenvalue weighted by molar-refractivity contribution is 5.87. The molecule has 15 heavy (non-hydrogen) atoms. The Balaban J connectivity index is 1.80. The van der Waals surface area contributed by atoms with Gasteiger partial charge in [-0.25, -0.2) is 0 Å². The molecule has 3 aliphatic rings. The average molecular weight is 214 g/mol. The molecular formula is C10H14O5. The zero-order valence-corrected chi connectivity index (χ0v) is 8.73. The van der Waals surface area contributed by atoms with Gasteiger partial charge >= 0.3 is 0 Å². The van der Waals surface area contributed by atoms with Crippen LogP contribution in [0.1, 0.15) is 26.7 Å². The Morgan fingerprint density at radius 3 is 2.47 bits per heavy atom. The van der Waals surface area contributed by atoms with E-state index in [2.05, 4.69) is 0 Å². The van der Waals surface area contributed by atoms with Crippen molar-refractivity contribution in [3.63, 3.8) is 0 Å². The smallest absolute Gasteiger partial charge is 0.190 e. The van der Waals surface area contributed by atoms with Crippen molar-refractivity contribution in [2.45, 2.75) is 56.6 Å². The summed E-state index contributed by atoms with van der Waals surface area (Å²) in [6.07, 6.45) is -1.22. The van der Waals surface area contributed by atoms with Crippen LogP contribution in [0.15, 0.2) is 0 Å². The van der Waals surface area contributed by atoms with E-state index < -0.39 is 29.9 Å². The second-order valence-corrected chi connectivity index (χ2v) is 4.99. The van der Waals surface area contributed by atoms with Gasteiger partial charge in [0.2, 0.25) is 0 Å². The van der Waals surface area contributed by atoms with Crippen LogP contribution in [0.3, 0.4) is 0 Å². The molecule has 3 rings (SSSR count). The summed E-state index contributed by atoms with van der Waals surface area (Å²) in [6.45, 7) is 3.56. The molecular weight excluding hydrogens is 200 g/mol. The van der Waals surface area contributed by atoms with Crippen LogP contribution in [0.4, 0.5) is 0 Å². The molecule has 3 fully saturated rings. The monoisotopic (exact) mass is 214 g/mol. The van der Waals surface area contributed by atoms with E-state index in [0.29, 0.717) is 0 Å². The third-order valence-electron chi connectivity index (χ3n) is 3.28. The number of hydrogen-bond acceptors (Lipinski definition) is 5. The van der Waals surface area contributed by atoms with E-state index in [4.69, 9.17) is 14.2 Å². The number of Topliss-reactive ketones (excluding diaryl/α,β-unsaturated/α-hetero) is 1. The Bertz CT molecular complexity index is 316. The number of fused-ring (bicyclic) bond motifs is 1. The summed E-state index contributed by atoms with van der Waals surface area (Å²) in [4.78, 5) is 11.0. The van der Waals surface area contributed by atoms with Crippen molar-refractivity contribution >= 4 is 5.78 Å². The minimum atomic E-state index is -0.762. The van der Waals surface area contributed by atoms with E-state index in [1.165, 1.54) is 0 Å². The fraction of sp³-hybridized carbons (Fsp3) is 0.900. The number of rotatable bonds is 0. The van der Waals surface area contributed by atoms with E-state index in [-0.39, 0.29) is 18.6 Å². The maximum Gasteiger partial charge on any atom is 0.190 e. The van der Waals surface area contributed by atoms with Gasteiger partial charge in [0.05, 0.1) is 0 Å². The van der Waals surface area contributed by atoms with Crippen LogP contribution in [-0.4, -0.2) is 40.8 Å². The molecule has 0 aromatic rings. The molecule has 0 amide bonds. The normalized spacial score (nSPS) is 45.5. The van der Waals surface area contributed by atoms with Gasteiger partial charge in [0.1, 0.15) is 23.6 Å². The SMILES string of the molecule is CC1(C)O[C@H]2OC3(CC(=O)C3)[C@H](O)[C@H]2O1. The van der Waals surface area contributed by atoms with Crippen LogP contribution in [0.2, 0.25) is 0 Å². The number of ketones is 1. The zero-order chi connectivity index (χ0) is 10.8. The fourth-order valence-electron chi connectivity index (χ4n) is 2.57. The van der Waals surface area contributed by atoms with Crippen LogP contribution < -0.4 is 0 Å². The summed E-state index contributed by atoms with van der Waals surface area (Å²) in [5.74, 6) is -0.598. The van der Waals surface area contributed by atoms with Crippen LogP contribution in [-0.2, 0) is 19.0 Å². The standard InChI is InChI=1S/C10H14O5/c1-9(2)13-6-7(12)10(3-5(11)4-10)15-8(6)14-9/h6-8,12H,3-4H2,1-2H3/t6-,7-,8+/m1/s1. The molecule has 84 valence electrons. The first-order valence-electron chi connectivity index (χ1n) is 5.15. The lowest BCUT2D eigenvalue weighted by Gasteiger charge is -2.39. The first-order valence-corrected chi connectivity index (χ1v) is 5.15. The summed E-state index contributed by atoms with van der Waals surface area (Å²) in [5.41, 5.74) is -0.733. The van der Waals surface area contributed by atoms with Gasteiger partial charge in [0.15, 0.2) is 12.1 Å². The van der Waals surface area contributed by atoms with Crippen LogP contribution >= 0.6 is 0 Å². The molecule has 0 aromatic heterocycles. The van der Waals surface area contributed by atoms with Gasteiger partial charge in [0.25, 0.3) is 0 Å². The summed E-state index contributed by atoms with van der Waals surface area (Å²) in [5, 5.41) is 10.0. The Hall–Kier alpha value is -0.490. The highest BCUT2D eigenvalue weighted by Gasteiger charge is 2.65. The number of carbonyl (C=O) groups is 1. The summed E-state index contributed by atoms with van der Waals surface area (Å²) in [7, 11) is 0. The largest absolute Gasteiger partial charge is 0.387 e. The molecule has 5 nitrogen and oxygen atoms in total. The number of carbonyl (C=O) groups excluding carboxylic acids is 1. The van der Waals surface area contributed by atoms with Crippen molar-refractivity contribution in [2.24, 2.45) is 0 Å². The lowest BCUT2D eigenvalue weighted by Crippen LogP contribution is -2.54. The van der Waals surface area contributed by atoms with Gasteiger partial charge in [0, 0.05) is 12.8 Å². The molecule has 0 unspecified atom stereocenters. The second-order valence-electron chi connectivity index (χ2n) is 4.99. The fourth-order valence-corrected chi connectivity index (χ4v) is 2.57. The summed E-state index contributed by atoms with van der Waals surface area (Å²) >= 11 is 0. The van der Waals surface area contributed by atoms with Crippen molar-refractivity contribution in [1.82, 2.24) is 0 Å². The van der Waals surface area contributed by atoms with Gasteiger partial charge in [-0.15, -0.1) is 0 Å². The third-order valence-corrected chi connectivity index (χ3v) is 3.28. The third kappa shape index (κ3) is 1.21. The van der Waals surface area contributed by atoms with Crippen LogP contribution in [0.25, 0.3) is 0 Å². The first kappa shape index (κ1) is 9.72. The lowest BCUT2D eigenvalue weighted by molar-refractivity contribution is -0.249. The maximum atomic E-state index is 11.0. The van der Waals surface area contributed by atoms with E-state index in [9.17, 15) is 9.90 Å². The van der Waals surface area contributed by atoms with Gasteiger partial charge in [-0.3, -0.25) is 4.79 Å². The van der Waals surface area contributed by atoms with Crippen molar-refractivity contribution < 1.29 is 24.1 Å². The van der Waals surface area contributed by atoms with Crippen LogP contribution in [0.5, 0.6) is 0 Å². The molecule has 2 aliphatic heterocycles. The highest BCUT2D eigenvalue weighted by atomic mass is 16.8. The Labute approximate surface area is 87.3 Å². The predicted molar refractivity (Wildman–Crippen MR) is 47.9 cm³/mol. The topological polar surface area (TPSA) is 65.0 Å². The van der Waals surface area contributed by atoms with E-state index in [1.54, 1.807) is 13.8 Å². The lowest BCUT2D eigenvalue weighted by atomic mass is 9.75. The second kappa shape index (κ2) is 2.60. The summed E-state index contributed by atoms with van der Waals surface area (Å²) in [6, 6.07) is 0. The Kier molecular flexibility index (Phi) is 1.68. The molecule has 1 spiro atoms. The molecule has 2 heterocycles. The highest BCUT2D eigenvalue weighted by Crippen LogP contribution is 2.49. The van der Waals surface area contributed by atoms with Crippen LogP contribution in [0, 0.1) is 0 Å². The molecule has 1 aliphatic carbocycles. The Morgan fingerprint density at radius 2 is 1.93 bits per heavy atom. The molecule has 1 N–H and O–H groups in total. The molecule has 0 radical (unpaired) electrons. The maximum absolute atomic E-state index is 11.0. The quantitative estimate of drug-likeness (QED) is 0.612. The van der Waals surface area contributed by atoms with Gasteiger partial charge < -0.3 is 19.3 Å². The van der Waals surface area contributed by atoms with Gasteiger partial charge in [-0.05, 0) is 13.8 Å². The molecule has 5 heteroatoms. The van der Waals surface area contributed by atoms with Gasteiger partial charge in [-0.2, -0.15) is 0 Å². The van der Waals surface area contributed by atoms with E-state index >= 15 is 0 Å². The minimum Gasteiger partial charge on any atom is -0.387 e. The van der Waals surface area contributed by atoms with Gasteiger partial charge in [-0.1, -0.05) is 0 Å². The first-order chi connectivity index (χ1) is 6.92. The van der Waals surface area contributed by atoms with E-state index in [0.717, 1.165) is 0 Å². The van der Waals surface area contributed by atoms with Crippen molar-refractivity contribution in [1.29, 1.82) is 0 Å². The average Bonchev–Trinajstić information content (AvgIpc) is 2.46. The molecule has 0 bridgehead atoms. The number of aliphatic hydroxyl groups is 1. The molecule has 0 aromatic carbocycles. The Morgan fingerprint density at radius 1 is 1.27 bits per heavy atom. The minimum absolute atomic E-state index is 0.119. The number of hydrogen-bond donors (Lipinski definition) is 1. The van der Waals surface area contributed by atoms with Crippen molar-refractivity contribution in [2.75, 3.05) is 0 Å². The molecule has 2 saturated heterocycles. The summed E-state index contributed by atoms with van der Waals surface area (Å²) < 4.78 is 16.6. The number of aliphatic hydroxyl groups excluding tert-OH is 1. The molecule has 1 saturated carbocycles. The molecule has 3 atom stereocenters. The van der Waals surface area contributed by atoms with Crippen molar-refractivity contribution in [3.05, 3.63) is 0 Å². The van der Waals surface area contributed by atoms with E-state index in [1.807, 2.05) is 0 Å². The number of ether oxygens (including phenoxy) is 3.